The fraction of sp³-hybridized carbons (Fsp3) is 0.438. The molecular weight excluding hydrogens is 847 g/mol. The van der Waals surface area contributed by atoms with Gasteiger partial charge in [-0.1, -0.05) is 57.2 Å². The molecule has 344 valence electrons. The molecule has 1 unspecified atom stereocenters. The number of morpholine rings is 1. The van der Waals surface area contributed by atoms with E-state index in [1.54, 1.807) is 40.1 Å². The van der Waals surface area contributed by atoms with Crippen molar-refractivity contribution < 1.29 is 29.0 Å². The first-order valence-corrected chi connectivity index (χ1v) is 23.0. The second kappa shape index (κ2) is 20.3. The number of nitrogens with one attached hydrogen (secondary N) is 4. The lowest BCUT2D eigenvalue weighted by molar-refractivity contribution is -0.144. The van der Waals surface area contributed by atoms with Crippen LogP contribution in [0.1, 0.15) is 85.7 Å². The number of hydrogen-bond donors (Lipinski definition) is 5. The number of benzene rings is 2. The standard InChI is InChI=1S/C48H59N9O7S/c1-29-22-36(44-53-39(24-41(60)57(44)26-29)55-18-20-64-21-19-55)30(2)52-37-11-8-7-10-35(37)45(61)49-17-9-12-40(59)54-43(48(4,5)6)47(63)56-27-34(58)23-38(56)46(62)50-25-32-13-15-33(16-14-32)42-31(3)51-28-65-42/h7-8,10-11,13-16,22,24,26,28,30,34,38,43,52,58H,9,12,17-21,23,25,27H2,1-6H3,(H,49,61)(H,50,62)(H,54,59)/t30?,34-,38+,43-/m1/s1. The number of para-hydroxylation sites is 1. The van der Waals surface area contributed by atoms with Crippen LogP contribution in [0, 0.1) is 19.3 Å². The number of thiazole rings is 1. The van der Waals surface area contributed by atoms with Gasteiger partial charge in [-0.25, -0.2) is 9.97 Å². The van der Waals surface area contributed by atoms with Gasteiger partial charge in [-0.05, 0) is 67.5 Å². The van der Waals surface area contributed by atoms with Crippen molar-refractivity contribution in [3.63, 3.8) is 0 Å². The molecule has 3 aromatic heterocycles. The smallest absolute Gasteiger partial charge is 0.259 e. The normalized spacial score (nSPS) is 17.4. The fourth-order valence-corrected chi connectivity index (χ4v) is 9.12. The Kier molecular flexibility index (Phi) is 14.6. The Balaban J connectivity index is 0.930. The van der Waals surface area contributed by atoms with Crippen LogP contribution in [0.4, 0.5) is 11.5 Å². The predicted octanol–water partition coefficient (Wildman–Crippen LogP) is 4.76. The molecule has 2 aliphatic heterocycles. The van der Waals surface area contributed by atoms with Gasteiger partial charge in [0, 0.05) is 69.1 Å². The summed E-state index contributed by atoms with van der Waals surface area (Å²) < 4.78 is 7.05. The first-order valence-electron chi connectivity index (χ1n) is 22.1. The number of carbonyl (C=O) groups is 4. The third-order valence-corrected chi connectivity index (χ3v) is 12.8. The maximum absolute atomic E-state index is 14.1. The van der Waals surface area contributed by atoms with Gasteiger partial charge in [0.05, 0.1) is 47.0 Å². The van der Waals surface area contributed by atoms with Crippen LogP contribution in [-0.2, 0) is 25.7 Å². The van der Waals surface area contributed by atoms with E-state index >= 15 is 0 Å². The molecule has 16 nitrogen and oxygen atoms in total. The Morgan fingerprint density at radius 2 is 1.74 bits per heavy atom. The molecule has 17 heteroatoms. The quantitative estimate of drug-likeness (QED) is 0.0908. The number of aliphatic hydroxyl groups is 1. The van der Waals surface area contributed by atoms with E-state index < -0.39 is 29.5 Å². The molecule has 5 N–H and O–H groups in total. The van der Waals surface area contributed by atoms with Crippen molar-refractivity contribution >= 4 is 52.1 Å². The van der Waals surface area contributed by atoms with Gasteiger partial charge >= 0.3 is 0 Å². The van der Waals surface area contributed by atoms with Crippen LogP contribution in [0.25, 0.3) is 16.1 Å². The number of aliphatic hydroxyl groups excluding tert-OH is 1. The Hall–Kier alpha value is -6.17. The molecule has 5 heterocycles. The summed E-state index contributed by atoms with van der Waals surface area (Å²) in [6.07, 6.45) is 1.30. The van der Waals surface area contributed by atoms with Crippen molar-refractivity contribution in [3.8, 4) is 10.4 Å². The molecule has 0 saturated carbocycles. The van der Waals surface area contributed by atoms with Gasteiger partial charge in [-0.3, -0.25) is 28.4 Å². The summed E-state index contributed by atoms with van der Waals surface area (Å²) in [5, 5.41) is 22.8. The highest BCUT2D eigenvalue weighted by atomic mass is 32.1. The van der Waals surface area contributed by atoms with E-state index in [2.05, 4.69) is 26.3 Å². The molecule has 5 aromatic rings. The first-order chi connectivity index (χ1) is 31.1. The molecule has 0 radical (unpaired) electrons. The lowest BCUT2D eigenvalue weighted by Gasteiger charge is -2.35. The summed E-state index contributed by atoms with van der Waals surface area (Å²) in [6.45, 7) is 14.2. The number of ether oxygens (including phenoxy) is 1. The minimum atomic E-state index is -0.974. The molecule has 4 atom stereocenters. The van der Waals surface area contributed by atoms with Crippen molar-refractivity contribution in [2.75, 3.05) is 49.6 Å². The average Bonchev–Trinajstić information content (AvgIpc) is 3.91. The lowest BCUT2D eigenvalue weighted by Crippen LogP contribution is -2.57. The lowest BCUT2D eigenvalue weighted by atomic mass is 9.85. The summed E-state index contributed by atoms with van der Waals surface area (Å²) in [4.78, 5) is 81.6. The minimum Gasteiger partial charge on any atom is -0.391 e. The number of β-amino-alcohol motifs (C(OH)–C–C–N with tert-alkyl or cyclic N) is 1. The number of pyridine rings is 1. The molecule has 2 aromatic carbocycles. The molecule has 4 amide bonds. The third-order valence-electron chi connectivity index (χ3n) is 11.8. The molecule has 0 bridgehead atoms. The number of amides is 4. The number of anilines is 2. The van der Waals surface area contributed by atoms with Gasteiger partial charge in [-0.2, -0.15) is 0 Å². The number of carbonyl (C=O) groups excluding carboxylic acids is 4. The van der Waals surface area contributed by atoms with E-state index in [9.17, 15) is 29.1 Å². The first kappa shape index (κ1) is 46.8. The highest BCUT2D eigenvalue weighted by Crippen LogP contribution is 2.30. The number of rotatable bonds is 15. The second-order valence-electron chi connectivity index (χ2n) is 17.9. The second-order valence-corrected chi connectivity index (χ2v) is 18.8. The summed E-state index contributed by atoms with van der Waals surface area (Å²) >= 11 is 1.57. The van der Waals surface area contributed by atoms with Crippen molar-refractivity contribution in [2.24, 2.45) is 5.41 Å². The van der Waals surface area contributed by atoms with Crippen molar-refractivity contribution in [1.82, 2.24) is 35.2 Å². The fourth-order valence-electron chi connectivity index (χ4n) is 8.31. The molecule has 2 saturated heterocycles. The molecule has 2 aliphatic rings. The van der Waals surface area contributed by atoms with Crippen LogP contribution in [0.2, 0.25) is 0 Å². The summed E-state index contributed by atoms with van der Waals surface area (Å²) in [5.74, 6) is -0.939. The Labute approximate surface area is 382 Å². The maximum Gasteiger partial charge on any atom is 0.259 e. The van der Waals surface area contributed by atoms with E-state index in [4.69, 9.17) is 9.72 Å². The van der Waals surface area contributed by atoms with Crippen molar-refractivity contribution in [3.05, 3.63) is 111 Å². The number of aryl methyl sites for hydroxylation is 2. The molecule has 2 fully saturated rings. The molecule has 0 aliphatic carbocycles. The zero-order chi connectivity index (χ0) is 46.4. The van der Waals surface area contributed by atoms with E-state index in [0.29, 0.717) is 55.4 Å². The largest absolute Gasteiger partial charge is 0.391 e. The summed E-state index contributed by atoms with van der Waals surface area (Å²) in [7, 11) is 0. The summed E-state index contributed by atoms with van der Waals surface area (Å²) in [6, 6.07) is 16.3. The zero-order valence-corrected chi connectivity index (χ0v) is 38.7. The van der Waals surface area contributed by atoms with Gasteiger partial charge < -0.3 is 40.9 Å². The van der Waals surface area contributed by atoms with Crippen LogP contribution in [0.3, 0.4) is 0 Å². The molecular formula is C48H59N9O7S. The van der Waals surface area contributed by atoms with Crippen LogP contribution >= 0.6 is 11.3 Å². The molecule has 7 rings (SSSR count). The number of likely N-dealkylation sites (tertiary alicyclic amines) is 1. The van der Waals surface area contributed by atoms with Crippen molar-refractivity contribution in [1.29, 1.82) is 0 Å². The monoisotopic (exact) mass is 905 g/mol. The van der Waals surface area contributed by atoms with Gasteiger partial charge in [-0.15, -0.1) is 11.3 Å². The molecule has 0 spiro atoms. The van der Waals surface area contributed by atoms with E-state index in [1.807, 2.05) is 94.4 Å². The van der Waals surface area contributed by atoms with E-state index in [0.717, 1.165) is 32.8 Å². The third kappa shape index (κ3) is 11.2. The zero-order valence-electron chi connectivity index (χ0n) is 37.8. The average molecular weight is 906 g/mol. The highest BCUT2D eigenvalue weighted by Gasteiger charge is 2.44. The Morgan fingerprint density at radius 1 is 1.00 bits per heavy atom. The van der Waals surface area contributed by atoms with E-state index in [-0.39, 0.29) is 61.8 Å². The van der Waals surface area contributed by atoms with Gasteiger partial charge in [0.15, 0.2) is 0 Å². The number of aromatic nitrogens is 3. The Bertz CT molecular complexity index is 2580. The van der Waals surface area contributed by atoms with Crippen molar-refractivity contribution in [2.45, 2.75) is 91.6 Å². The van der Waals surface area contributed by atoms with Crippen LogP contribution in [-0.4, -0.2) is 106 Å². The van der Waals surface area contributed by atoms with Crippen LogP contribution < -0.4 is 31.7 Å². The topological polar surface area (TPSA) is 200 Å². The van der Waals surface area contributed by atoms with Crippen LogP contribution in [0.15, 0.2) is 77.2 Å². The van der Waals surface area contributed by atoms with Gasteiger partial charge in [0.1, 0.15) is 23.5 Å². The number of hydrogen-bond acceptors (Lipinski definition) is 12. The molecule has 65 heavy (non-hydrogen) atoms. The van der Waals surface area contributed by atoms with Gasteiger partial charge in [0.25, 0.3) is 11.5 Å². The minimum absolute atomic E-state index is 0.0300. The number of nitrogens with zero attached hydrogens (tertiary/aromatic N) is 5. The van der Waals surface area contributed by atoms with E-state index in [1.165, 1.54) is 4.90 Å². The maximum atomic E-state index is 14.1. The predicted molar refractivity (Wildman–Crippen MR) is 251 cm³/mol. The highest BCUT2D eigenvalue weighted by molar-refractivity contribution is 7.13. The summed E-state index contributed by atoms with van der Waals surface area (Å²) in [5.41, 5.74) is 7.00. The van der Waals surface area contributed by atoms with Gasteiger partial charge in [0.2, 0.25) is 17.7 Å². The number of fused-ring (bicyclic) bond motifs is 1. The Morgan fingerprint density at radius 3 is 2.45 bits per heavy atom. The SMILES string of the molecule is Cc1cc(C(C)Nc2ccccc2C(=O)NCCCC(=O)N[C@H](C(=O)N2C[C@H](O)C[C@H]2C(=O)NCc2ccc(-c3scnc3C)cc2)C(C)(C)C)c2nc(N3CCOCC3)cc(=O)n2c1. The van der Waals surface area contributed by atoms with Crippen LogP contribution in [0.5, 0.6) is 0 Å².